The summed E-state index contributed by atoms with van der Waals surface area (Å²) in [4.78, 5) is 2.46. The van der Waals surface area contributed by atoms with Gasteiger partial charge in [-0.05, 0) is 65.7 Å². The highest BCUT2D eigenvalue weighted by atomic mass is 79.9. The van der Waals surface area contributed by atoms with Crippen LogP contribution in [-0.2, 0) is 11.2 Å². The number of benzene rings is 1. The van der Waals surface area contributed by atoms with Gasteiger partial charge in [0, 0.05) is 37.3 Å². The zero-order valence-corrected chi connectivity index (χ0v) is 14.0. The predicted molar refractivity (Wildman–Crippen MR) is 88.3 cm³/mol. The van der Waals surface area contributed by atoms with Crippen LogP contribution in [0.1, 0.15) is 25.3 Å². The van der Waals surface area contributed by atoms with Gasteiger partial charge in [0.15, 0.2) is 0 Å². The number of nitrogens with two attached hydrogens (primary N) is 1. The van der Waals surface area contributed by atoms with Crippen LogP contribution in [0.3, 0.4) is 0 Å². The summed E-state index contributed by atoms with van der Waals surface area (Å²) >= 11 is 3.71. The van der Waals surface area contributed by atoms with Crippen LogP contribution in [0, 0.1) is 5.92 Å². The molecule has 1 aliphatic heterocycles. The average molecular weight is 341 g/mol. The van der Waals surface area contributed by atoms with Crippen molar-refractivity contribution in [2.45, 2.75) is 32.2 Å². The Bertz CT molecular complexity index is 428. The highest BCUT2D eigenvalue weighted by molar-refractivity contribution is 9.10. The highest BCUT2D eigenvalue weighted by Gasteiger charge is 2.20. The molecule has 2 rings (SSSR count). The van der Waals surface area contributed by atoms with Gasteiger partial charge in [-0.25, -0.2) is 0 Å². The fourth-order valence-electron chi connectivity index (χ4n) is 2.88. The molecule has 1 atom stereocenters. The van der Waals surface area contributed by atoms with Gasteiger partial charge in [-0.1, -0.05) is 6.07 Å². The summed E-state index contributed by atoms with van der Waals surface area (Å²) in [6.45, 7) is 5.16. The van der Waals surface area contributed by atoms with Crippen molar-refractivity contribution >= 4 is 21.6 Å². The molecule has 1 heterocycles. The molecule has 112 valence electrons. The molecule has 0 radical (unpaired) electrons. The fraction of sp³-hybridized carbons (Fsp3) is 0.625. The normalized spacial score (nSPS) is 18.3. The van der Waals surface area contributed by atoms with E-state index in [4.69, 9.17) is 10.5 Å². The molecular formula is C16H25BrN2O. The molecule has 2 N–H and O–H groups in total. The minimum Gasteiger partial charge on any atom is -0.384 e. The van der Waals surface area contributed by atoms with Crippen LogP contribution in [0.4, 0.5) is 5.69 Å². The lowest BCUT2D eigenvalue weighted by Gasteiger charge is -2.34. The van der Waals surface area contributed by atoms with Gasteiger partial charge in [0.25, 0.3) is 0 Å². The van der Waals surface area contributed by atoms with Crippen molar-refractivity contribution in [1.82, 2.24) is 0 Å². The largest absolute Gasteiger partial charge is 0.384 e. The van der Waals surface area contributed by atoms with E-state index in [2.05, 4.69) is 39.0 Å². The number of rotatable bonds is 5. The third kappa shape index (κ3) is 4.21. The van der Waals surface area contributed by atoms with Crippen LogP contribution in [0.25, 0.3) is 0 Å². The van der Waals surface area contributed by atoms with Gasteiger partial charge in [-0.3, -0.25) is 0 Å². The van der Waals surface area contributed by atoms with Crippen molar-refractivity contribution in [2.75, 3.05) is 31.7 Å². The number of piperidine rings is 1. The first-order valence-corrected chi connectivity index (χ1v) is 8.17. The standard InChI is InChI=1S/C16H25BrN2O/c1-12(18)9-14-3-4-16(15(17)10-14)19-7-5-13(6-8-19)11-20-2/h3-4,10,12-13H,5-9,11,18H2,1-2H3. The van der Waals surface area contributed by atoms with Crippen molar-refractivity contribution in [2.24, 2.45) is 11.7 Å². The summed E-state index contributed by atoms with van der Waals surface area (Å²) in [5, 5.41) is 0. The molecule has 0 aliphatic carbocycles. The van der Waals surface area contributed by atoms with Crippen molar-refractivity contribution in [3.05, 3.63) is 28.2 Å². The van der Waals surface area contributed by atoms with E-state index in [0.717, 1.165) is 26.1 Å². The first kappa shape index (κ1) is 15.8. The minimum absolute atomic E-state index is 0.206. The highest BCUT2D eigenvalue weighted by Crippen LogP contribution is 2.31. The summed E-state index contributed by atoms with van der Waals surface area (Å²) in [7, 11) is 1.79. The van der Waals surface area contributed by atoms with Crippen LogP contribution in [0.15, 0.2) is 22.7 Å². The Morgan fingerprint density at radius 3 is 2.65 bits per heavy atom. The molecule has 20 heavy (non-hydrogen) atoms. The van der Waals surface area contributed by atoms with Gasteiger partial charge in [0.1, 0.15) is 0 Å². The molecule has 1 unspecified atom stereocenters. The van der Waals surface area contributed by atoms with Crippen LogP contribution in [0.5, 0.6) is 0 Å². The average Bonchev–Trinajstić information content (AvgIpc) is 2.40. The summed E-state index contributed by atoms with van der Waals surface area (Å²) in [6, 6.07) is 6.83. The van der Waals surface area contributed by atoms with Crippen LogP contribution in [-0.4, -0.2) is 32.8 Å². The predicted octanol–water partition coefficient (Wildman–Crippen LogP) is 3.20. The molecule has 1 saturated heterocycles. The summed E-state index contributed by atoms with van der Waals surface area (Å²) in [5.41, 5.74) is 8.46. The lowest BCUT2D eigenvalue weighted by molar-refractivity contribution is 0.139. The zero-order valence-electron chi connectivity index (χ0n) is 12.4. The van der Waals surface area contributed by atoms with Gasteiger partial charge in [-0.15, -0.1) is 0 Å². The summed E-state index contributed by atoms with van der Waals surface area (Å²) < 4.78 is 6.44. The first-order valence-electron chi connectivity index (χ1n) is 7.38. The molecule has 3 nitrogen and oxygen atoms in total. The maximum Gasteiger partial charge on any atom is 0.0510 e. The topological polar surface area (TPSA) is 38.5 Å². The molecule has 1 fully saturated rings. The molecule has 0 spiro atoms. The Hall–Kier alpha value is -0.580. The van der Waals surface area contributed by atoms with Crippen molar-refractivity contribution in [1.29, 1.82) is 0 Å². The second kappa shape index (κ2) is 7.43. The smallest absolute Gasteiger partial charge is 0.0510 e. The van der Waals surface area contributed by atoms with Crippen molar-refractivity contribution < 1.29 is 4.74 Å². The Morgan fingerprint density at radius 2 is 2.10 bits per heavy atom. The third-order valence-corrected chi connectivity index (χ3v) is 4.56. The molecule has 0 amide bonds. The van der Waals surface area contributed by atoms with Gasteiger partial charge in [-0.2, -0.15) is 0 Å². The van der Waals surface area contributed by atoms with Crippen molar-refractivity contribution in [3.8, 4) is 0 Å². The molecule has 1 aliphatic rings. The number of hydrogen-bond donors (Lipinski definition) is 1. The van der Waals surface area contributed by atoms with E-state index in [1.54, 1.807) is 7.11 Å². The Kier molecular flexibility index (Phi) is 5.87. The van der Waals surface area contributed by atoms with E-state index in [0.29, 0.717) is 5.92 Å². The second-order valence-electron chi connectivity index (χ2n) is 5.85. The SMILES string of the molecule is COCC1CCN(c2ccc(CC(C)N)cc2Br)CC1. The third-order valence-electron chi connectivity index (χ3n) is 3.93. The van der Waals surface area contributed by atoms with E-state index in [1.165, 1.54) is 28.6 Å². The molecular weight excluding hydrogens is 316 g/mol. The van der Waals surface area contributed by atoms with Crippen LogP contribution < -0.4 is 10.6 Å². The van der Waals surface area contributed by atoms with Gasteiger partial charge < -0.3 is 15.4 Å². The number of hydrogen-bond acceptors (Lipinski definition) is 3. The maximum absolute atomic E-state index is 5.86. The molecule has 0 bridgehead atoms. The quantitative estimate of drug-likeness (QED) is 0.894. The molecule has 1 aromatic rings. The second-order valence-corrected chi connectivity index (χ2v) is 6.71. The lowest BCUT2D eigenvalue weighted by atomic mass is 9.97. The van der Waals surface area contributed by atoms with Gasteiger partial charge in [0.2, 0.25) is 0 Å². The number of halogens is 1. The zero-order chi connectivity index (χ0) is 14.5. The molecule has 4 heteroatoms. The van der Waals surface area contributed by atoms with E-state index >= 15 is 0 Å². The summed E-state index contributed by atoms with van der Waals surface area (Å²) in [5.74, 6) is 0.715. The Morgan fingerprint density at radius 1 is 1.40 bits per heavy atom. The number of nitrogens with zero attached hydrogens (tertiary/aromatic N) is 1. The van der Waals surface area contributed by atoms with E-state index in [-0.39, 0.29) is 6.04 Å². The van der Waals surface area contributed by atoms with Crippen molar-refractivity contribution in [3.63, 3.8) is 0 Å². The Balaban J connectivity index is 1.99. The number of anilines is 1. The molecule has 0 saturated carbocycles. The van der Waals surface area contributed by atoms with E-state index < -0.39 is 0 Å². The van der Waals surface area contributed by atoms with E-state index in [9.17, 15) is 0 Å². The fourth-order valence-corrected chi connectivity index (χ4v) is 3.56. The maximum atomic E-state index is 5.86. The molecule has 1 aromatic carbocycles. The van der Waals surface area contributed by atoms with Gasteiger partial charge >= 0.3 is 0 Å². The van der Waals surface area contributed by atoms with E-state index in [1.807, 2.05) is 6.92 Å². The first-order chi connectivity index (χ1) is 9.60. The van der Waals surface area contributed by atoms with Crippen LogP contribution >= 0.6 is 15.9 Å². The number of ether oxygens (including phenoxy) is 1. The van der Waals surface area contributed by atoms with Crippen LogP contribution in [0.2, 0.25) is 0 Å². The Labute approximate surface area is 130 Å². The van der Waals surface area contributed by atoms with Gasteiger partial charge in [0.05, 0.1) is 5.69 Å². The number of methoxy groups -OCH3 is 1. The minimum atomic E-state index is 0.206. The molecule has 0 aromatic heterocycles. The summed E-state index contributed by atoms with van der Waals surface area (Å²) in [6.07, 6.45) is 3.35. The monoisotopic (exact) mass is 340 g/mol. The lowest BCUT2D eigenvalue weighted by Crippen LogP contribution is -2.35.